The second-order valence-electron chi connectivity index (χ2n) is 6.03. The lowest BCUT2D eigenvalue weighted by Gasteiger charge is -2.28. The highest BCUT2D eigenvalue weighted by atomic mass is 16.3. The molecular weight excluding hydrogens is 234 g/mol. The minimum Gasteiger partial charge on any atom is -0.387 e. The minimum atomic E-state index is -0.659. The lowest BCUT2D eigenvalue weighted by molar-refractivity contribution is 0.0640. The first-order valence-electron chi connectivity index (χ1n) is 7.19. The van der Waals surface area contributed by atoms with Crippen LogP contribution in [0.2, 0.25) is 0 Å². The standard InChI is InChI=1S/C17H23NO/c1-4-14-7-8-17(10-14,11-18)16(19)15-6-5-12(2)13(3)9-15/h5-6,9,14,16,19H,4,7-8,10H2,1-3H3. The van der Waals surface area contributed by atoms with Gasteiger partial charge in [0.1, 0.15) is 0 Å². The quantitative estimate of drug-likeness (QED) is 0.887. The molecule has 1 aromatic carbocycles. The third-order valence-corrected chi connectivity index (χ3v) is 4.82. The molecule has 0 spiro atoms. The van der Waals surface area contributed by atoms with Gasteiger partial charge in [0.2, 0.25) is 0 Å². The molecule has 0 saturated heterocycles. The van der Waals surface area contributed by atoms with Gasteiger partial charge in [0.05, 0.1) is 17.6 Å². The van der Waals surface area contributed by atoms with E-state index in [2.05, 4.69) is 19.9 Å². The molecule has 3 unspecified atom stereocenters. The Hall–Kier alpha value is -1.33. The highest BCUT2D eigenvalue weighted by Gasteiger charge is 2.45. The van der Waals surface area contributed by atoms with Gasteiger partial charge in [-0.15, -0.1) is 0 Å². The minimum absolute atomic E-state index is 0.581. The van der Waals surface area contributed by atoms with E-state index in [4.69, 9.17) is 0 Å². The Balaban J connectivity index is 2.29. The fourth-order valence-corrected chi connectivity index (χ4v) is 3.19. The monoisotopic (exact) mass is 257 g/mol. The number of hydrogen-bond donors (Lipinski definition) is 1. The lowest BCUT2D eigenvalue weighted by Crippen LogP contribution is -2.24. The predicted molar refractivity (Wildman–Crippen MR) is 76.6 cm³/mol. The summed E-state index contributed by atoms with van der Waals surface area (Å²) in [5.74, 6) is 0.584. The highest BCUT2D eigenvalue weighted by Crippen LogP contribution is 2.50. The van der Waals surface area contributed by atoms with Gasteiger partial charge in [0.25, 0.3) is 0 Å². The van der Waals surface area contributed by atoms with Crippen molar-refractivity contribution < 1.29 is 5.11 Å². The van der Waals surface area contributed by atoms with Crippen LogP contribution in [0, 0.1) is 36.5 Å². The van der Waals surface area contributed by atoms with Crippen LogP contribution in [0.4, 0.5) is 0 Å². The van der Waals surface area contributed by atoms with Crippen molar-refractivity contribution in [1.29, 1.82) is 5.26 Å². The molecule has 1 aromatic rings. The summed E-state index contributed by atoms with van der Waals surface area (Å²) in [7, 11) is 0. The number of hydrogen-bond acceptors (Lipinski definition) is 2. The van der Waals surface area contributed by atoms with Crippen molar-refractivity contribution in [3.63, 3.8) is 0 Å². The summed E-state index contributed by atoms with van der Waals surface area (Å²) in [6, 6.07) is 8.45. The van der Waals surface area contributed by atoms with Crippen molar-refractivity contribution in [2.24, 2.45) is 11.3 Å². The summed E-state index contributed by atoms with van der Waals surface area (Å²) in [5.41, 5.74) is 2.71. The number of benzene rings is 1. The van der Waals surface area contributed by atoms with Crippen LogP contribution in [0.25, 0.3) is 0 Å². The van der Waals surface area contributed by atoms with Crippen molar-refractivity contribution in [3.8, 4) is 6.07 Å². The van der Waals surface area contributed by atoms with E-state index in [1.165, 1.54) is 11.1 Å². The zero-order chi connectivity index (χ0) is 14.0. The molecule has 0 heterocycles. The van der Waals surface area contributed by atoms with Gasteiger partial charge in [-0.1, -0.05) is 31.5 Å². The number of rotatable bonds is 3. The molecule has 1 aliphatic rings. The van der Waals surface area contributed by atoms with E-state index in [-0.39, 0.29) is 0 Å². The Labute approximate surface area is 116 Å². The average molecular weight is 257 g/mol. The molecule has 2 heteroatoms. The first kappa shape index (κ1) is 14.1. The largest absolute Gasteiger partial charge is 0.387 e. The zero-order valence-electron chi connectivity index (χ0n) is 12.1. The van der Waals surface area contributed by atoms with Crippen LogP contribution in [0.15, 0.2) is 18.2 Å². The molecule has 0 bridgehead atoms. The molecule has 102 valence electrons. The second-order valence-corrected chi connectivity index (χ2v) is 6.03. The third-order valence-electron chi connectivity index (χ3n) is 4.82. The summed E-state index contributed by atoms with van der Waals surface area (Å²) in [4.78, 5) is 0. The fourth-order valence-electron chi connectivity index (χ4n) is 3.19. The Bertz CT molecular complexity index is 502. The highest BCUT2D eigenvalue weighted by molar-refractivity contribution is 5.33. The van der Waals surface area contributed by atoms with Gasteiger partial charge in [-0.25, -0.2) is 0 Å². The van der Waals surface area contributed by atoms with Gasteiger partial charge in [-0.2, -0.15) is 5.26 Å². The topological polar surface area (TPSA) is 44.0 Å². The van der Waals surface area contributed by atoms with Crippen molar-refractivity contribution in [3.05, 3.63) is 34.9 Å². The third kappa shape index (κ3) is 2.53. The summed E-state index contributed by atoms with van der Waals surface area (Å²) in [5, 5.41) is 20.3. The van der Waals surface area contributed by atoms with E-state index in [1.54, 1.807) is 0 Å². The van der Waals surface area contributed by atoms with Crippen molar-refractivity contribution >= 4 is 0 Å². The molecule has 2 nitrogen and oxygen atoms in total. The molecule has 19 heavy (non-hydrogen) atoms. The van der Waals surface area contributed by atoms with E-state index in [1.807, 2.05) is 25.1 Å². The molecular formula is C17H23NO. The average Bonchev–Trinajstić information content (AvgIpc) is 2.86. The number of aryl methyl sites for hydroxylation is 2. The summed E-state index contributed by atoms with van der Waals surface area (Å²) in [6.07, 6.45) is 3.15. The Morgan fingerprint density at radius 2 is 2.16 bits per heavy atom. The number of aliphatic hydroxyl groups is 1. The number of nitrogens with zero attached hydrogens (tertiary/aromatic N) is 1. The normalized spacial score (nSPS) is 28.1. The lowest BCUT2D eigenvalue weighted by atomic mass is 9.77. The molecule has 0 aromatic heterocycles. The molecule has 1 N–H and O–H groups in total. The molecule has 1 aliphatic carbocycles. The molecule has 0 amide bonds. The zero-order valence-corrected chi connectivity index (χ0v) is 12.1. The van der Waals surface area contributed by atoms with E-state index in [0.717, 1.165) is 31.2 Å². The van der Waals surface area contributed by atoms with Crippen LogP contribution in [0.5, 0.6) is 0 Å². The first-order chi connectivity index (χ1) is 9.02. The van der Waals surface area contributed by atoms with Crippen LogP contribution in [-0.4, -0.2) is 5.11 Å². The van der Waals surface area contributed by atoms with Crippen molar-refractivity contribution in [2.75, 3.05) is 0 Å². The summed E-state index contributed by atoms with van der Waals surface area (Å²) >= 11 is 0. The van der Waals surface area contributed by atoms with Crippen LogP contribution in [0.3, 0.4) is 0 Å². The van der Waals surface area contributed by atoms with Crippen molar-refractivity contribution in [1.82, 2.24) is 0 Å². The van der Waals surface area contributed by atoms with Gasteiger partial charge in [-0.3, -0.25) is 0 Å². The van der Waals surface area contributed by atoms with Gasteiger partial charge < -0.3 is 5.11 Å². The van der Waals surface area contributed by atoms with E-state index < -0.39 is 11.5 Å². The smallest absolute Gasteiger partial charge is 0.0976 e. The molecule has 0 aliphatic heterocycles. The molecule has 2 rings (SSSR count). The van der Waals surface area contributed by atoms with Gasteiger partial charge in [0.15, 0.2) is 0 Å². The van der Waals surface area contributed by atoms with Gasteiger partial charge >= 0.3 is 0 Å². The number of nitriles is 1. The Morgan fingerprint density at radius 3 is 2.68 bits per heavy atom. The summed E-state index contributed by atoms with van der Waals surface area (Å²) in [6.45, 7) is 6.28. The van der Waals surface area contributed by atoms with Crippen LogP contribution in [-0.2, 0) is 0 Å². The van der Waals surface area contributed by atoms with E-state index >= 15 is 0 Å². The molecule has 1 saturated carbocycles. The Kier molecular flexibility index (Phi) is 3.96. The molecule has 1 fully saturated rings. The van der Waals surface area contributed by atoms with Crippen LogP contribution < -0.4 is 0 Å². The van der Waals surface area contributed by atoms with Crippen LogP contribution >= 0.6 is 0 Å². The maximum atomic E-state index is 10.7. The maximum Gasteiger partial charge on any atom is 0.0976 e. The first-order valence-corrected chi connectivity index (χ1v) is 7.19. The van der Waals surface area contributed by atoms with Crippen LogP contribution in [0.1, 0.15) is 55.4 Å². The predicted octanol–water partition coefficient (Wildman–Crippen LogP) is 4.06. The fraction of sp³-hybridized carbons (Fsp3) is 0.588. The van der Waals surface area contributed by atoms with Gasteiger partial charge in [0, 0.05) is 0 Å². The molecule has 0 radical (unpaired) electrons. The van der Waals surface area contributed by atoms with Gasteiger partial charge in [-0.05, 0) is 55.7 Å². The number of aliphatic hydroxyl groups excluding tert-OH is 1. The SMILES string of the molecule is CCC1CCC(C#N)(C(O)c2ccc(C)c(C)c2)C1. The maximum absolute atomic E-state index is 10.7. The molecule has 3 atom stereocenters. The summed E-state index contributed by atoms with van der Waals surface area (Å²) < 4.78 is 0. The second kappa shape index (κ2) is 5.35. The van der Waals surface area contributed by atoms with Crippen molar-refractivity contribution in [2.45, 2.75) is 52.6 Å². The van der Waals surface area contributed by atoms with E-state index in [0.29, 0.717) is 5.92 Å². The Morgan fingerprint density at radius 1 is 1.42 bits per heavy atom. The van der Waals surface area contributed by atoms with E-state index in [9.17, 15) is 10.4 Å².